The standard InChI is InChI=1S/C22H17ClN4O2S/c23-17-10-15(6-9-19(17)29-13-14-4-2-1-3-5-14)12-25-27-21(28)16-7-8-18-20(11-16)30-22(24)26-18/h1-12H,13H2,(H2,24,26)(H,27,28)/b25-12-. The molecule has 0 bridgehead atoms. The summed E-state index contributed by atoms with van der Waals surface area (Å²) in [4.78, 5) is 16.5. The highest BCUT2D eigenvalue weighted by Gasteiger charge is 2.08. The fraction of sp³-hybridized carbons (Fsp3) is 0.0455. The lowest BCUT2D eigenvalue weighted by atomic mass is 10.2. The van der Waals surface area contributed by atoms with E-state index in [1.807, 2.05) is 36.4 Å². The number of ether oxygens (including phenoxy) is 1. The second-order valence-electron chi connectivity index (χ2n) is 6.40. The molecule has 6 nitrogen and oxygen atoms in total. The van der Waals surface area contributed by atoms with Gasteiger partial charge in [0.15, 0.2) is 5.13 Å². The Kier molecular flexibility index (Phi) is 5.92. The summed E-state index contributed by atoms with van der Waals surface area (Å²) in [5, 5.41) is 4.94. The molecule has 0 atom stereocenters. The van der Waals surface area contributed by atoms with Gasteiger partial charge in [-0.15, -0.1) is 0 Å². The zero-order chi connectivity index (χ0) is 20.9. The quantitative estimate of drug-likeness (QED) is 0.333. The van der Waals surface area contributed by atoms with Crippen LogP contribution >= 0.6 is 22.9 Å². The van der Waals surface area contributed by atoms with Crippen LogP contribution in [0.25, 0.3) is 10.2 Å². The number of anilines is 1. The van der Waals surface area contributed by atoms with Crippen LogP contribution in [0.5, 0.6) is 5.75 Å². The monoisotopic (exact) mass is 436 g/mol. The van der Waals surface area contributed by atoms with E-state index in [1.54, 1.807) is 30.3 Å². The van der Waals surface area contributed by atoms with Gasteiger partial charge in [-0.2, -0.15) is 5.10 Å². The number of nitrogens with two attached hydrogens (primary N) is 1. The minimum Gasteiger partial charge on any atom is -0.487 e. The first-order chi connectivity index (χ1) is 14.6. The lowest BCUT2D eigenvalue weighted by Crippen LogP contribution is -2.17. The highest BCUT2D eigenvalue weighted by atomic mass is 35.5. The summed E-state index contributed by atoms with van der Waals surface area (Å²) in [6, 6.07) is 20.3. The van der Waals surface area contributed by atoms with E-state index in [0.29, 0.717) is 28.1 Å². The third-order valence-electron chi connectivity index (χ3n) is 4.24. The van der Waals surface area contributed by atoms with Crippen LogP contribution in [0, 0.1) is 0 Å². The predicted octanol–water partition coefficient (Wildman–Crippen LogP) is 4.87. The smallest absolute Gasteiger partial charge is 0.271 e. The van der Waals surface area contributed by atoms with Crippen LogP contribution in [0.1, 0.15) is 21.5 Å². The number of fused-ring (bicyclic) bond motifs is 1. The number of nitrogens with one attached hydrogen (secondary N) is 1. The normalized spacial score (nSPS) is 11.1. The van der Waals surface area contributed by atoms with Gasteiger partial charge in [-0.3, -0.25) is 4.79 Å². The van der Waals surface area contributed by atoms with Crippen LogP contribution < -0.4 is 15.9 Å². The summed E-state index contributed by atoms with van der Waals surface area (Å²) in [5.41, 5.74) is 11.2. The third-order valence-corrected chi connectivity index (χ3v) is 5.38. The summed E-state index contributed by atoms with van der Waals surface area (Å²) in [6.07, 6.45) is 1.52. The molecule has 150 valence electrons. The number of hydrogen-bond acceptors (Lipinski definition) is 6. The van der Waals surface area contributed by atoms with Crippen molar-refractivity contribution in [3.8, 4) is 5.75 Å². The fourth-order valence-corrected chi connectivity index (χ4v) is 3.78. The first-order valence-electron chi connectivity index (χ1n) is 9.04. The molecular weight excluding hydrogens is 420 g/mol. The van der Waals surface area contributed by atoms with Crippen molar-refractivity contribution in [1.29, 1.82) is 0 Å². The molecule has 0 unspecified atom stereocenters. The van der Waals surface area contributed by atoms with Gasteiger partial charge in [0, 0.05) is 5.56 Å². The summed E-state index contributed by atoms with van der Waals surface area (Å²) in [5.74, 6) is 0.257. The molecule has 0 aliphatic heterocycles. The van der Waals surface area contributed by atoms with E-state index in [1.165, 1.54) is 17.6 Å². The number of nitrogens with zero attached hydrogens (tertiary/aromatic N) is 2. The highest BCUT2D eigenvalue weighted by molar-refractivity contribution is 7.22. The van der Waals surface area contributed by atoms with Crippen LogP contribution in [0.3, 0.4) is 0 Å². The molecule has 3 aromatic carbocycles. The summed E-state index contributed by atoms with van der Waals surface area (Å²) in [7, 11) is 0. The van der Waals surface area contributed by atoms with Crippen molar-refractivity contribution in [1.82, 2.24) is 10.4 Å². The minimum atomic E-state index is -0.325. The first-order valence-corrected chi connectivity index (χ1v) is 10.2. The van der Waals surface area contributed by atoms with Crippen LogP contribution in [0.4, 0.5) is 5.13 Å². The molecule has 1 heterocycles. The highest BCUT2D eigenvalue weighted by Crippen LogP contribution is 2.26. The van der Waals surface area contributed by atoms with Gasteiger partial charge >= 0.3 is 0 Å². The zero-order valence-electron chi connectivity index (χ0n) is 15.7. The number of halogens is 1. The summed E-state index contributed by atoms with van der Waals surface area (Å²) in [6.45, 7) is 0.430. The van der Waals surface area contributed by atoms with Crippen molar-refractivity contribution in [2.24, 2.45) is 5.10 Å². The van der Waals surface area contributed by atoms with Gasteiger partial charge in [-0.05, 0) is 47.5 Å². The van der Waals surface area contributed by atoms with Crippen molar-refractivity contribution in [2.45, 2.75) is 6.61 Å². The Morgan fingerprint density at radius 1 is 1.17 bits per heavy atom. The number of benzene rings is 3. The minimum absolute atomic E-state index is 0.325. The van der Waals surface area contributed by atoms with Crippen molar-refractivity contribution >= 4 is 50.4 Å². The maximum Gasteiger partial charge on any atom is 0.271 e. The van der Waals surface area contributed by atoms with E-state index >= 15 is 0 Å². The van der Waals surface area contributed by atoms with E-state index in [4.69, 9.17) is 22.1 Å². The Hall–Kier alpha value is -3.42. The van der Waals surface area contributed by atoms with Gasteiger partial charge in [0.2, 0.25) is 0 Å². The van der Waals surface area contributed by atoms with E-state index < -0.39 is 0 Å². The van der Waals surface area contributed by atoms with Gasteiger partial charge in [-0.1, -0.05) is 53.3 Å². The lowest BCUT2D eigenvalue weighted by Gasteiger charge is -2.08. The van der Waals surface area contributed by atoms with Gasteiger partial charge in [0.1, 0.15) is 12.4 Å². The van der Waals surface area contributed by atoms with Crippen LogP contribution in [0.2, 0.25) is 5.02 Å². The number of thiazole rings is 1. The largest absolute Gasteiger partial charge is 0.487 e. The molecule has 30 heavy (non-hydrogen) atoms. The topological polar surface area (TPSA) is 89.6 Å². The molecule has 1 amide bonds. The van der Waals surface area contributed by atoms with Crippen LogP contribution in [-0.2, 0) is 6.61 Å². The maximum atomic E-state index is 12.3. The molecule has 0 aliphatic carbocycles. The average molecular weight is 437 g/mol. The van der Waals surface area contributed by atoms with Crippen molar-refractivity contribution in [2.75, 3.05) is 5.73 Å². The first kappa shape index (κ1) is 19.9. The lowest BCUT2D eigenvalue weighted by molar-refractivity contribution is 0.0955. The Balaban J connectivity index is 1.37. The van der Waals surface area contributed by atoms with E-state index in [9.17, 15) is 4.79 Å². The molecule has 4 aromatic rings. The number of carbonyl (C=O) groups is 1. The van der Waals surface area contributed by atoms with Crippen LogP contribution in [0.15, 0.2) is 71.8 Å². The Morgan fingerprint density at radius 3 is 2.80 bits per heavy atom. The molecule has 0 radical (unpaired) electrons. The molecular formula is C22H17ClN4O2S. The number of hydrazone groups is 1. The molecule has 4 rings (SSSR count). The summed E-state index contributed by atoms with van der Waals surface area (Å²) >= 11 is 7.63. The molecule has 3 N–H and O–H groups in total. The van der Waals surface area contributed by atoms with Gasteiger partial charge < -0.3 is 10.5 Å². The molecule has 8 heteroatoms. The van der Waals surface area contributed by atoms with Crippen molar-refractivity contribution < 1.29 is 9.53 Å². The van der Waals surface area contributed by atoms with Crippen LogP contribution in [-0.4, -0.2) is 17.1 Å². The molecule has 0 fully saturated rings. The van der Waals surface area contributed by atoms with Gasteiger partial charge in [-0.25, -0.2) is 10.4 Å². The number of carbonyl (C=O) groups excluding carboxylic acids is 1. The van der Waals surface area contributed by atoms with E-state index in [0.717, 1.165) is 21.3 Å². The SMILES string of the molecule is Nc1nc2ccc(C(=O)N/N=C\c3ccc(OCc4ccccc4)c(Cl)c3)cc2s1. The van der Waals surface area contributed by atoms with Gasteiger partial charge in [0.05, 0.1) is 21.5 Å². The van der Waals surface area contributed by atoms with Gasteiger partial charge in [0.25, 0.3) is 5.91 Å². The predicted molar refractivity (Wildman–Crippen MR) is 121 cm³/mol. The van der Waals surface area contributed by atoms with Crippen molar-refractivity contribution in [3.05, 3.63) is 88.4 Å². The number of nitrogen functional groups attached to an aromatic ring is 1. The molecule has 0 aliphatic rings. The Labute approximate surface area is 182 Å². The molecule has 1 aromatic heterocycles. The fourth-order valence-electron chi connectivity index (χ4n) is 2.76. The summed E-state index contributed by atoms with van der Waals surface area (Å²) < 4.78 is 6.61. The number of amides is 1. The third kappa shape index (κ3) is 4.76. The number of aromatic nitrogens is 1. The number of rotatable bonds is 6. The second-order valence-corrected chi connectivity index (χ2v) is 7.87. The molecule has 0 saturated heterocycles. The maximum absolute atomic E-state index is 12.3. The van der Waals surface area contributed by atoms with E-state index in [-0.39, 0.29) is 5.91 Å². The molecule has 0 spiro atoms. The zero-order valence-corrected chi connectivity index (χ0v) is 17.3. The van der Waals surface area contributed by atoms with Crippen molar-refractivity contribution in [3.63, 3.8) is 0 Å². The Bertz CT molecular complexity index is 1220. The number of hydrogen-bond donors (Lipinski definition) is 2. The Morgan fingerprint density at radius 2 is 2.00 bits per heavy atom. The second kappa shape index (κ2) is 8.94. The molecule has 0 saturated carbocycles. The van der Waals surface area contributed by atoms with E-state index in [2.05, 4.69) is 15.5 Å². The average Bonchev–Trinajstić information content (AvgIpc) is 3.13.